The lowest BCUT2D eigenvalue weighted by Gasteiger charge is -2.33. The third-order valence-electron chi connectivity index (χ3n) is 12.5. The minimum Gasteiger partial charge on any atom is -0.337 e. The number of imidazole rings is 1. The van der Waals surface area contributed by atoms with E-state index in [0.29, 0.717) is 24.2 Å². The van der Waals surface area contributed by atoms with E-state index in [2.05, 4.69) is 145 Å². The van der Waals surface area contributed by atoms with Crippen LogP contribution >= 0.6 is 0 Å². The van der Waals surface area contributed by atoms with Crippen molar-refractivity contribution >= 4 is 0 Å². The second kappa shape index (κ2) is 36.5. The number of likely N-dealkylation sites (N-methyl/N-ethyl adjacent to an activating group) is 1. The molecule has 0 bridgehead atoms. The van der Waals surface area contributed by atoms with Crippen LogP contribution in [0.15, 0.2) is 18.7 Å². The van der Waals surface area contributed by atoms with Crippen molar-refractivity contribution in [3.8, 4) is 0 Å². The van der Waals surface area contributed by atoms with Crippen molar-refractivity contribution in [1.29, 1.82) is 0 Å². The molecule has 1 unspecified atom stereocenters. The average molecular weight is 821 g/mol. The van der Waals surface area contributed by atoms with E-state index in [0.717, 1.165) is 19.6 Å². The van der Waals surface area contributed by atoms with Crippen LogP contribution in [0.2, 0.25) is 0 Å². The smallest absolute Gasteiger partial charge is 0.0945 e. The third-order valence-corrected chi connectivity index (χ3v) is 12.5. The standard InChI is InChI=1S/C23H51N5.C23H47N5.C2H6/c1-8-28(23(4)5)17-11-16-26(13-9-12-25(7)22(2)3)14-10-15-27-20-18-24(6)19-21-27;1-7-23(6)28(9-3)19-12-16-25(14-10-17-26-20-13-24-21-26)15-11-18-27(8-2)22(4)5;1-2/h22-23H,8-21H2,1-7H3;13,20-23H,7-12,14-19H2,1-6H3;1-2H3. The van der Waals surface area contributed by atoms with E-state index in [1.165, 1.54) is 150 Å². The number of aromatic nitrogens is 2. The van der Waals surface area contributed by atoms with E-state index in [4.69, 9.17) is 0 Å². The number of piperazine rings is 1. The number of aryl methyl sites for hydroxylation is 1. The van der Waals surface area contributed by atoms with Crippen LogP contribution in [0.25, 0.3) is 0 Å². The van der Waals surface area contributed by atoms with Crippen LogP contribution in [0.4, 0.5) is 0 Å². The number of hydrogen-bond donors (Lipinski definition) is 0. The third kappa shape index (κ3) is 27.7. The van der Waals surface area contributed by atoms with Gasteiger partial charge in [-0.2, -0.15) is 0 Å². The molecule has 1 aliphatic heterocycles. The summed E-state index contributed by atoms with van der Waals surface area (Å²) in [6.07, 6.45) is 14.7. The van der Waals surface area contributed by atoms with E-state index in [1.807, 2.05) is 26.4 Å². The summed E-state index contributed by atoms with van der Waals surface area (Å²) < 4.78 is 2.19. The van der Waals surface area contributed by atoms with Gasteiger partial charge in [-0.1, -0.05) is 41.5 Å². The van der Waals surface area contributed by atoms with Crippen LogP contribution < -0.4 is 0 Å². The zero-order valence-electron chi connectivity index (χ0n) is 41.9. The summed E-state index contributed by atoms with van der Waals surface area (Å²) in [5.74, 6) is 0. The maximum absolute atomic E-state index is 4.16. The molecule has 0 saturated carbocycles. The Labute approximate surface area is 364 Å². The van der Waals surface area contributed by atoms with Gasteiger partial charge in [-0.25, -0.2) is 4.98 Å². The Kier molecular flexibility index (Phi) is 35.8. The van der Waals surface area contributed by atoms with Crippen LogP contribution in [0.3, 0.4) is 0 Å². The molecular weight excluding hydrogens is 717 g/mol. The predicted octanol–water partition coefficient (Wildman–Crippen LogP) is 8.01. The molecule has 0 radical (unpaired) electrons. The fraction of sp³-hybridized carbons (Fsp3) is 0.938. The lowest BCUT2D eigenvalue weighted by atomic mass is 10.2. The summed E-state index contributed by atoms with van der Waals surface area (Å²) in [4.78, 5) is 24.9. The lowest BCUT2D eigenvalue weighted by Crippen LogP contribution is -2.45. The molecule has 0 spiro atoms. The highest BCUT2D eigenvalue weighted by atomic mass is 15.2. The fourth-order valence-electron chi connectivity index (χ4n) is 7.96. The predicted molar refractivity (Wildman–Crippen MR) is 258 cm³/mol. The summed E-state index contributed by atoms with van der Waals surface area (Å²) in [6, 6.07) is 2.65. The molecule has 0 aliphatic carbocycles. The van der Waals surface area contributed by atoms with Gasteiger partial charge in [0.2, 0.25) is 0 Å². The van der Waals surface area contributed by atoms with Crippen molar-refractivity contribution in [2.24, 2.45) is 0 Å². The van der Waals surface area contributed by atoms with Crippen LogP contribution in [0, 0.1) is 0 Å². The maximum atomic E-state index is 4.16. The molecule has 58 heavy (non-hydrogen) atoms. The van der Waals surface area contributed by atoms with Crippen molar-refractivity contribution < 1.29 is 0 Å². The van der Waals surface area contributed by atoms with Gasteiger partial charge in [0, 0.05) is 69.3 Å². The van der Waals surface area contributed by atoms with Gasteiger partial charge in [-0.3, -0.25) is 0 Å². The topological polar surface area (TPSA) is 43.7 Å². The molecular formula is C48H104N10. The summed E-state index contributed by atoms with van der Waals surface area (Å²) in [6.45, 7) is 52.3. The minimum atomic E-state index is 0.647. The molecule has 346 valence electrons. The first-order valence-electron chi connectivity index (χ1n) is 24.6. The lowest BCUT2D eigenvalue weighted by molar-refractivity contribution is 0.143. The Balaban J connectivity index is 0.00000107. The molecule has 0 N–H and O–H groups in total. The molecule has 1 saturated heterocycles. The molecule has 1 aliphatic rings. The van der Waals surface area contributed by atoms with Gasteiger partial charge in [-0.15, -0.1) is 0 Å². The second-order valence-corrected chi connectivity index (χ2v) is 17.7. The van der Waals surface area contributed by atoms with E-state index in [9.17, 15) is 0 Å². The van der Waals surface area contributed by atoms with Gasteiger partial charge in [0.25, 0.3) is 0 Å². The maximum Gasteiger partial charge on any atom is 0.0945 e. The highest BCUT2D eigenvalue weighted by molar-refractivity contribution is 4.75. The second-order valence-electron chi connectivity index (χ2n) is 17.7. The van der Waals surface area contributed by atoms with E-state index >= 15 is 0 Å². The first-order valence-corrected chi connectivity index (χ1v) is 24.6. The highest BCUT2D eigenvalue weighted by Gasteiger charge is 2.16. The van der Waals surface area contributed by atoms with Gasteiger partial charge in [-0.05, 0) is 199 Å². The van der Waals surface area contributed by atoms with Crippen molar-refractivity contribution in [2.75, 3.05) is 132 Å². The zero-order valence-corrected chi connectivity index (χ0v) is 41.9. The fourth-order valence-corrected chi connectivity index (χ4v) is 7.96. The Morgan fingerprint density at radius 3 is 1.36 bits per heavy atom. The zero-order chi connectivity index (χ0) is 43.7. The SMILES string of the molecule is CC.CCC(C)N(CC)CCCN(CCCN(CC)C(C)C)CCCn1ccnc1.CCN(CCCN(CCCN1CCN(C)CC1)CCCN(C)C(C)C)C(C)C. The summed E-state index contributed by atoms with van der Waals surface area (Å²) in [5, 5.41) is 0. The van der Waals surface area contributed by atoms with Gasteiger partial charge in [0.05, 0.1) is 6.33 Å². The number of hydrogen-bond acceptors (Lipinski definition) is 9. The monoisotopic (exact) mass is 821 g/mol. The van der Waals surface area contributed by atoms with Crippen LogP contribution in [0.5, 0.6) is 0 Å². The van der Waals surface area contributed by atoms with Gasteiger partial charge < -0.3 is 43.8 Å². The molecule has 2 heterocycles. The van der Waals surface area contributed by atoms with Crippen molar-refractivity contribution in [3.05, 3.63) is 18.7 Å². The summed E-state index contributed by atoms with van der Waals surface area (Å²) in [5.41, 5.74) is 0. The average Bonchev–Trinajstić information content (AvgIpc) is 3.74. The Morgan fingerprint density at radius 2 is 0.966 bits per heavy atom. The van der Waals surface area contributed by atoms with Crippen LogP contribution in [0.1, 0.15) is 135 Å². The molecule has 1 aromatic heterocycles. The first kappa shape index (κ1) is 56.9. The van der Waals surface area contributed by atoms with Crippen molar-refractivity contribution in [3.63, 3.8) is 0 Å². The van der Waals surface area contributed by atoms with E-state index in [1.54, 1.807) is 0 Å². The largest absolute Gasteiger partial charge is 0.337 e. The normalized spacial score (nSPS) is 14.8. The molecule has 10 nitrogen and oxygen atoms in total. The van der Waals surface area contributed by atoms with Crippen molar-refractivity contribution in [2.45, 2.75) is 166 Å². The van der Waals surface area contributed by atoms with Gasteiger partial charge in [0.15, 0.2) is 0 Å². The Bertz CT molecular complexity index is 981. The molecule has 0 aromatic carbocycles. The molecule has 1 atom stereocenters. The van der Waals surface area contributed by atoms with Gasteiger partial charge in [0.1, 0.15) is 0 Å². The first-order chi connectivity index (χ1) is 27.8. The molecule has 2 rings (SSSR count). The highest BCUT2D eigenvalue weighted by Crippen LogP contribution is 2.08. The molecule has 0 amide bonds. The molecule has 1 aromatic rings. The van der Waals surface area contributed by atoms with Crippen LogP contribution in [-0.2, 0) is 6.54 Å². The summed E-state index contributed by atoms with van der Waals surface area (Å²) >= 11 is 0. The Morgan fingerprint density at radius 1 is 0.534 bits per heavy atom. The van der Waals surface area contributed by atoms with Gasteiger partial charge >= 0.3 is 0 Å². The Hall–Kier alpha value is -1.11. The van der Waals surface area contributed by atoms with Crippen molar-refractivity contribution in [1.82, 2.24) is 48.8 Å². The molecule has 1 fully saturated rings. The van der Waals surface area contributed by atoms with E-state index in [-0.39, 0.29) is 0 Å². The minimum absolute atomic E-state index is 0.647. The summed E-state index contributed by atoms with van der Waals surface area (Å²) in [7, 11) is 4.49. The molecule has 10 heteroatoms. The quantitative estimate of drug-likeness (QED) is 0.0720. The number of rotatable bonds is 32. The van der Waals surface area contributed by atoms with Crippen LogP contribution in [-0.4, -0.2) is 205 Å². The number of nitrogens with zero attached hydrogens (tertiary/aromatic N) is 10. The van der Waals surface area contributed by atoms with E-state index < -0.39 is 0 Å².